The molecular weight excluding hydrogens is 336 g/mol. The van der Waals surface area contributed by atoms with Gasteiger partial charge in [-0.25, -0.2) is 4.79 Å². The first-order chi connectivity index (χ1) is 12.1. The van der Waals surface area contributed by atoms with Crippen molar-refractivity contribution in [2.24, 2.45) is 29.1 Å². The maximum atomic E-state index is 13.0. The van der Waals surface area contributed by atoms with Gasteiger partial charge in [-0.15, -0.1) is 0 Å². The normalized spacial score (nSPS) is 45.6. The molecule has 0 aromatic heterocycles. The lowest BCUT2D eigenvalue weighted by atomic mass is 9.66. The van der Waals surface area contributed by atoms with Crippen LogP contribution in [0.1, 0.15) is 47.5 Å². The molecule has 3 fully saturated rings. The lowest BCUT2D eigenvalue weighted by Crippen LogP contribution is -2.51. The molecule has 1 N–H and O–H groups in total. The van der Waals surface area contributed by atoms with Crippen LogP contribution >= 0.6 is 0 Å². The van der Waals surface area contributed by atoms with Crippen molar-refractivity contribution in [3.8, 4) is 0 Å². The summed E-state index contributed by atoms with van der Waals surface area (Å²) in [4.78, 5) is 37.7. The van der Waals surface area contributed by atoms with E-state index in [2.05, 4.69) is 0 Å². The molecule has 0 radical (unpaired) electrons. The zero-order chi connectivity index (χ0) is 19.4. The Morgan fingerprint density at radius 2 is 2.00 bits per heavy atom. The van der Waals surface area contributed by atoms with Crippen LogP contribution in [0.5, 0.6) is 0 Å². The average molecular weight is 364 g/mol. The average Bonchev–Trinajstić information content (AvgIpc) is 2.94. The largest absolute Gasteiger partial charge is 0.462 e. The summed E-state index contributed by atoms with van der Waals surface area (Å²) in [7, 11) is 0. The summed E-state index contributed by atoms with van der Waals surface area (Å²) in [6.07, 6.45) is 0.306. The second-order valence-corrected chi connectivity index (χ2v) is 8.36. The van der Waals surface area contributed by atoms with Crippen LogP contribution in [0.4, 0.5) is 0 Å². The van der Waals surface area contributed by atoms with Gasteiger partial charge in [0.25, 0.3) is 0 Å². The van der Waals surface area contributed by atoms with E-state index in [-0.39, 0.29) is 35.9 Å². The van der Waals surface area contributed by atoms with Gasteiger partial charge in [0, 0.05) is 23.8 Å². The molecular formula is C20H28O6. The summed E-state index contributed by atoms with van der Waals surface area (Å²) in [5.74, 6) is -2.12. The summed E-state index contributed by atoms with van der Waals surface area (Å²) < 4.78 is 11.4. The molecule has 0 aromatic carbocycles. The van der Waals surface area contributed by atoms with Gasteiger partial charge in [0.2, 0.25) is 0 Å². The first-order valence-corrected chi connectivity index (χ1v) is 9.38. The summed E-state index contributed by atoms with van der Waals surface area (Å²) in [6.45, 7) is 8.92. The van der Waals surface area contributed by atoms with E-state index in [1.807, 2.05) is 6.92 Å². The molecule has 6 heteroatoms. The smallest absolute Gasteiger partial charge is 0.333 e. The first kappa shape index (κ1) is 19.1. The number of hydrogen-bond donors (Lipinski definition) is 1. The van der Waals surface area contributed by atoms with E-state index in [1.165, 1.54) is 0 Å². The third-order valence-electron chi connectivity index (χ3n) is 6.90. The van der Waals surface area contributed by atoms with Crippen molar-refractivity contribution in [2.45, 2.75) is 65.8 Å². The SMILES string of the molecule is C/C=C(/C)C(=O)O[C@H]1[C@H]2[C@H](C)C(=O)O[C@@H]2C[C@@H](C)[C@@H]2[C@@H](O)CC(=O)[C@]21C. The van der Waals surface area contributed by atoms with Gasteiger partial charge in [0.1, 0.15) is 18.0 Å². The lowest BCUT2D eigenvalue weighted by Gasteiger charge is -2.40. The standard InChI is InChI=1S/C20H28O6/c1-6-9(2)18(23)26-17-15-11(4)19(24)25-13(15)7-10(3)16-12(21)8-14(22)20(16,17)5/h6,10-13,15-17,21H,7-8H2,1-5H3/b9-6-/t10-,11+,12+,13-,15+,16-,17+,20-/m1/s1. The summed E-state index contributed by atoms with van der Waals surface area (Å²) in [5, 5.41) is 10.6. The van der Waals surface area contributed by atoms with Crippen molar-refractivity contribution in [1.29, 1.82) is 0 Å². The number of rotatable bonds is 2. The maximum absolute atomic E-state index is 13.0. The molecule has 3 rings (SSSR count). The van der Waals surface area contributed by atoms with Crippen molar-refractivity contribution < 1.29 is 29.0 Å². The quantitative estimate of drug-likeness (QED) is 0.596. The minimum atomic E-state index is -1.02. The topological polar surface area (TPSA) is 89.9 Å². The van der Waals surface area contributed by atoms with Crippen molar-refractivity contribution in [1.82, 2.24) is 0 Å². The molecule has 0 spiro atoms. The van der Waals surface area contributed by atoms with Crippen molar-refractivity contribution in [2.75, 3.05) is 0 Å². The number of ketones is 1. The number of carbonyl (C=O) groups is 3. The summed E-state index contributed by atoms with van der Waals surface area (Å²) in [6, 6.07) is 0. The molecule has 0 unspecified atom stereocenters. The Morgan fingerprint density at radius 1 is 1.35 bits per heavy atom. The monoisotopic (exact) mass is 364 g/mol. The van der Waals surface area contributed by atoms with Gasteiger partial charge in [0.05, 0.1) is 17.4 Å². The number of Topliss-reactive ketones (excluding diaryl/α,β-unsaturated/α-hetero) is 1. The van der Waals surface area contributed by atoms with Crippen LogP contribution in [0.2, 0.25) is 0 Å². The fourth-order valence-electron chi connectivity index (χ4n) is 5.36. The van der Waals surface area contributed by atoms with Crippen LogP contribution in [-0.4, -0.2) is 41.1 Å². The molecule has 0 amide bonds. The Hall–Kier alpha value is -1.69. The molecule has 6 nitrogen and oxygen atoms in total. The van der Waals surface area contributed by atoms with Gasteiger partial charge < -0.3 is 14.6 Å². The van der Waals surface area contributed by atoms with Crippen LogP contribution in [0, 0.1) is 29.1 Å². The highest BCUT2D eigenvalue weighted by Crippen LogP contribution is 2.56. The van der Waals surface area contributed by atoms with Gasteiger partial charge >= 0.3 is 11.9 Å². The number of aliphatic hydroxyl groups excluding tert-OH is 1. The zero-order valence-corrected chi connectivity index (χ0v) is 16.0. The van der Waals surface area contributed by atoms with Crippen molar-refractivity contribution in [3.05, 3.63) is 11.6 Å². The van der Waals surface area contributed by atoms with E-state index in [0.717, 1.165) is 0 Å². The number of hydrogen-bond acceptors (Lipinski definition) is 6. The van der Waals surface area contributed by atoms with Crippen LogP contribution in [0.15, 0.2) is 11.6 Å². The molecule has 26 heavy (non-hydrogen) atoms. The Balaban J connectivity index is 2.10. The zero-order valence-electron chi connectivity index (χ0n) is 16.0. The minimum Gasteiger partial charge on any atom is -0.462 e. The fraction of sp³-hybridized carbons (Fsp3) is 0.750. The predicted molar refractivity (Wildman–Crippen MR) is 92.9 cm³/mol. The van der Waals surface area contributed by atoms with Crippen LogP contribution in [0.25, 0.3) is 0 Å². The molecule has 8 atom stereocenters. The van der Waals surface area contributed by atoms with E-state index in [4.69, 9.17) is 9.47 Å². The van der Waals surface area contributed by atoms with Gasteiger partial charge in [-0.05, 0) is 33.1 Å². The Kier molecular flexibility index (Phi) is 4.76. The Bertz CT molecular complexity index is 667. The highest BCUT2D eigenvalue weighted by Gasteiger charge is 2.66. The Morgan fingerprint density at radius 3 is 2.62 bits per heavy atom. The third-order valence-corrected chi connectivity index (χ3v) is 6.90. The number of aliphatic hydroxyl groups is 1. The van der Waals surface area contributed by atoms with Gasteiger partial charge in [-0.1, -0.05) is 19.9 Å². The van der Waals surface area contributed by atoms with Crippen molar-refractivity contribution >= 4 is 17.7 Å². The van der Waals surface area contributed by atoms with Gasteiger partial charge in [0.15, 0.2) is 0 Å². The number of allylic oxidation sites excluding steroid dienone is 1. The lowest BCUT2D eigenvalue weighted by molar-refractivity contribution is -0.165. The molecule has 3 aliphatic rings. The second kappa shape index (κ2) is 6.48. The van der Waals surface area contributed by atoms with Gasteiger partial charge in [-0.3, -0.25) is 9.59 Å². The van der Waals surface area contributed by atoms with E-state index < -0.39 is 35.6 Å². The van der Waals surface area contributed by atoms with E-state index in [9.17, 15) is 19.5 Å². The minimum absolute atomic E-state index is 0.0291. The molecule has 1 heterocycles. The highest BCUT2D eigenvalue weighted by atomic mass is 16.6. The highest BCUT2D eigenvalue weighted by molar-refractivity contribution is 5.91. The number of esters is 2. The second-order valence-electron chi connectivity index (χ2n) is 8.36. The molecule has 144 valence electrons. The van der Waals surface area contributed by atoms with E-state index in [0.29, 0.717) is 12.0 Å². The van der Waals surface area contributed by atoms with Crippen LogP contribution < -0.4 is 0 Å². The molecule has 0 bridgehead atoms. The molecule has 1 saturated heterocycles. The predicted octanol–water partition coefficient (Wildman–Crippen LogP) is 2.04. The summed E-state index contributed by atoms with van der Waals surface area (Å²) in [5.41, 5.74) is -0.577. The number of carbonyl (C=O) groups excluding carboxylic acids is 3. The molecule has 0 aromatic rings. The number of fused-ring (bicyclic) bond motifs is 2. The Labute approximate surface area is 153 Å². The number of ether oxygens (including phenoxy) is 2. The molecule has 1 aliphatic heterocycles. The fourth-order valence-corrected chi connectivity index (χ4v) is 5.36. The summed E-state index contributed by atoms with van der Waals surface area (Å²) >= 11 is 0. The third kappa shape index (κ3) is 2.61. The van der Waals surface area contributed by atoms with Crippen LogP contribution in [-0.2, 0) is 23.9 Å². The van der Waals surface area contributed by atoms with E-state index in [1.54, 1.807) is 33.8 Å². The molecule has 2 aliphatic carbocycles. The van der Waals surface area contributed by atoms with Crippen LogP contribution in [0.3, 0.4) is 0 Å². The first-order valence-electron chi connectivity index (χ1n) is 9.38. The van der Waals surface area contributed by atoms with E-state index >= 15 is 0 Å². The molecule has 2 saturated carbocycles. The van der Waals surface area contributed by atoms with Gasteiger partial charge in [-0.2, -0.15) is 0 Å². The van der Waals surface area contributed by atoms with Crippen molar-refractivity contribution in [3.63, 3.8) is 0 Å². The maximum Gasteiger partial charge on any atom is 0.333 e.